The van der Waals surface area contributed by atoms with E-state index in [0.29, 0.717) is 18.0 Å². The summed E-state index contributed by atoms with van der Waals surface area (Å²) >= 11 is 11.5. The maximum atomic E-state index is 13.4. The molecule has 1 aliphatic heterocycles. The lowest BCUT2D eigenvalue weighted by atomic mass is 10.3. The highest BCUT2D eigenvalue weighted by molar-refractivity contribution is 6.30. The van der Waals surface area contributed by atoms with Crippen molar-refractivity contribution in [1.82, 2.24) is 10.2 Å². The second-order valence-electron chi connectivity index (χ2n) is 6.96. The minimum Gasteiger partial charge on any atom is -0.489 e. The van der Waals surface area contributed by atoms with Crippen molar-refractivity contribution < 1.29 is 18.7 Å². The van der Waals surface area contributed by atoms with Crippen LogP contribution in [0.5, 0.6) is 11.5 Å². The first-order valence-corrected chi connectivity index (χ1v) is 10.4. The van der Waals surface area contributed by atoms with Gasteiger partial charge in [0.15, 0.2) is 6.61 Å². The molecule has 1 amide bonds. The van der Waals surface area contributed by atoms with E-state index in [2.05, 4.69) is 16.8 Å². The zero-order valence-electron chi connectivity index (χ0n) is 16.4. The number of rotatable bonds is 9. The zero-order chi connectivity index (χ0) is 21.5. The lowest BCUT2D eigenvalue weighted by Gasteiger charge is -2.21. The van der Waals surface area contributed by atoms with E-state index in [1.165, 1.54) is 12.1 Å². The first-order chi connectivity index (χ1) is 14.4. The largest absolute Gasteiger partial charge is 0.489 e. The lowest BCUT2D eigenvalue weighted by Crippen LogP contribution is -2.31. The van der Waals surface area contributed by atoms with Crippen LogP contribution in [-0.4, -0.2) is 43.2 Å². The monoisotopic (exact) mass is 452 g/mol. The van der Waals surface area contributed by atoms with Gasteiger partial charge >= 0.3 is 0 Å². The third kappa shape index (κ3) is 6.54. The molecule has 1 atom stereocenters. The fourth-order valence-corrected chi connectivity index (χ4v) is 3.33. The van der Waals surface area contributed by atoms with Crippen LogP contribution in [0, 0.1) is 5.82 Å². The summed E-state index contributed by atoms with van der Waals surface area (Å²) in [5.74, 6) is 0.170. The zero-order valence-corrected chi connectivity index (χ0v) is 17.9. The summed E-state index contributed by atoms with van der Waals surface area (Å²) in [7, 11) is 0. The Morgan fingerprint density at radius 3 is 2.67 bits per heavy atom. The van der Waals surface area contributed by atoms with Gasteiger partial charge in [-0.3, -0.25) is 4.79 Å². The molecule has 1 heterocycles. The Kier molecular flexibility index (Phi) is 7.82. The number of ether oxygens (including phenoxy) is 2. The van der Waals surface area contributed by atoms with Crippen LogP contribution in [0.1, 0.15) is 12.8 Å². The van der Waals surface area contributed by atoms with E-state index in [9.17, 15) is 9.18 Å². The molecule has 3 rings (SSSR count). The van der Waals surface area contributed by atoms with Gasteiger partial charge in [-0.05, 0) is 36.4 Å². The van der Waals surface area contributed by atoms with Gasteiger partial charge in [-0.25, -0.2) is 4.39 Å². The van der Waals surface area contributed by atoms with Crippen molar-refractivity contribution in [3.8, 4) is 11.5 Å². The number of benzene rings is 2. The van der Waals surface area contributed by atoms with Crippen LogP contribution >= 0.6 is 23.2 Å². The maximum absolute atomic E-state index is 13.4. The fraction of sp³-hybridized carbons (Fsp3) is 0.318. The Labute approximate surface area is 185 Å². The summed E-state index contributed by atoms with van der Waals surface area (Å²) in [6.45, 7) is 5.96. The molecule has 0 aromatic heterocycles. The van der Waals surface area contributed by atoms with Gasteiger partial charge < -0.3 is 19.7 Å². The second-order valence-corrected chi connectivity index (χ2v) is 7.80. The molecule has 0 spiro atoms. The van der Waals surface area contributed by atoms with Gasteiger partial charge in [-0.2, -0.15) is 0 Å². The minimum atomic E-state index is -0.588. The van der Waals surface area contributed by atoms with Crippen LogP contribution in [0.4, 0.5) is 4.39 Å². The SMILES string of the molecule is C=C(CCNC(=O)COc1ccc(Cl)c(F)c1)N1CCC(Oc2ccc(Cl)cc2)C1. The number of hydrogen-bond acceptors (Lipinski definition) is 4. The molecule has 2 aromatic carbocycles. The molecule has 8 heteroatoms. The van der Waals surface area contributed by atoms with Gasteiger partial charge in [0, 0.05) is 42.7 Å². The number of likely N-dealkylation sites (tertiary alicyclic amines) is 1. The van der Waals surface area contributed by atoms with Crippen LogP contribution in [0.2, 0.25) is 10.0 Å². The molecule has 1 N–H and O–H groups in total. The van der Waals surface area contributed by atoms with E-state index < -0.39 is 5.82 Å². The molecule has 0 aliphatic carbocycles. The predicted octanol–water partition coefficient (Wildman–Crippen LogP) is 4.68. The highest BCUT2D eigenvalue weighted by atomic mass is 35.5. The molecule has 1 unspecified atom stereocenters. The number of nitrogens with one attached hydrogen (secondary N) is 1. The molecule has 0 radical (unpaired) electrons. The van der Waals surface area contributed by atoms with Crippen molar-refractivity contribution in [2.75, 3.05) is 26.2 Å². The molecule has 1 aliphatic rings. The Bertz CT molecular complexity index is 892. The molecule has 5 nitrogen and oxygen atoms in total. The number of amides is 1. The summed E-state index contributed by atoms with van der Waals surface area (Å²) in [5.41, 5.74) is 0.943. The standard InChI is InChI=1S/C22H23Cl2FN2O3/c1-15(27-11-9-19(13-27)30-17-4-2-16(23)3-5-17)8-10-26-22(28)14-29-18-6-7-20(24)21(25)12-18/h2-7,12,19H,1,8-11,13-14H2,(H,26,28). The van der Waals surface area contributed by atoms with Crippen molar-refractivity contribution in [1.29, 1.82) is 0 Å². The molecule has 160 valence electrons. The number of halogens is 3. The molecule has 1 saturated heterocycles. The van der Waals surface area contributed by atoms with Crippen LogP contribution in [-0.2, 0) is 4.79 Å². The Hall–Kier alpha value is -2.44. The average Bonchev–Trinajstić information content (AvgIpc) is 3.19. The second kappa shape index (κ2) is 10.5. The number of carbonyl (C=O) groups excluding carboxylic acids is 1. The number of nitrogens with zero attached hydrogens (tertiary/aromatic N) is 1. The summed E-state index contributed by atoms with van der Waals surface area (Å²) < 4.78 is 24.6. The molecule has 1 fully saturated rings. The van der Waals surface area contributed by atoms with Gasteiger partial charge in [-0.15, -0.1) is 0 Å². The summed E-state index contributed by atoms with van der Waals surface area (Å²) in [6, 6.07) is 11.4. The highest BCUT2D eigenvalue weighted by Gasteiger charge is 2.24. The normalized spacial score (nSPS) is 15.7. The van der Waals surface area contributed by atoms with Crippen LogP contribution in [0.3, 0.4) is 0 Å². The minimum absolute atomic E-state index is 0.00744. The van der Waals surface area contributed by atoms with Crippen molar-refractivity contribution in [2.45, 2.75) is 18.9 Å². The van der Waals surface area contributed by atoms with Crippen LogP contribution in [0.15, 0.2) is 54.7 Å². The number of hydrogen-bond donors (Lipinski definition) is 1. The van der Waals surface area contributed by atoms with Crippen molar-refractivity contribution in [3.63, 3.8) is 0 Å². The van der Waals surface area contributed by atoms with Gasteiger partial charge in [0.1, 0.15) is 23.4 Å². The average molecular weight is 453 g/mol. The molecular formula is C22H23Cl2FN2O3. The van der Waals surface area contributed by atoms with E-state index in [-0.39, 0.29) is 29.4 Å². The van der Waals surface area contributed by atoms with E-state index >= 15 is 0 Å². The van der Waals surface area contributed by atoms with Gasteiger partial charge in [-0.1, -0.05) is 29.8 Å². The summed E-state index contributed by atoms with van der Waals surface area (Å²) in [6.07, 6.45) is 1.61. The van der Waals surface area contributed by atoms with E-state index in [4.69, 9.17) is 32.7 Å². The quantitative estimate of drug-likeness (QED) is 0.599. The summed E-state index contributed by atoms with van der Waals surface area (Å²) in [5, 5.41) is 3.46. The van der Waals surface area contributed by atoms with Crippen molar-refractivity contribution in [2.24, 2.45) is 0 Å². The fourth-order valence-electron chi connectivity index (χ4n) is 3.09. The van der Waals surface area contributed by atoms with Gasteiger partial charge in [0.05, 0.1) is 11.6 Å². The Balaban J connectivity index is 1.33. The van der Waals surface area contributed by atoms with Gasteiger partial charge in [0.2, 0.25) is 0 Å². The molecule has 30 heavy (non-hydrogen) atoms. The van der Waals surface area contributed by atoms with E-state index in [1.807, 2.05) is 12.1 Å². The first kappa shape index (κ1) is 22.2. The molecular weight excluding hydrogens is 430 g/mol. The smallest absolute Gasteiger partial charge is 0.257 e. The number of carbonyl (C=O) groups is 1. The third-order valence-electron chi connectivity index (χ3n) is 4.71. The van der Waals surface area contributed by atoms with Crippen LogP contribution < -0.4 is 14.8 Å². The highest BCUT2D eigenvalue weighted by Crippen LogP contribution is 2.23. The summed E-state index contributed by atoms with van der Waals surface area (Å²) in [4.78, 5) is 14.1. The molecule has 2 aromatic rings. The molecule has 0 saturated carbocycles. The van der Waals surface area contributed by atoms with E-state index in [1.54, 1.807) is 12.1 Å². The van der Waals surface area contributed by atoms with Crippen molar-refractivity contribution >= 4 is 29.1 Å². The maximum Gasteiger partial charge on any atom is 0.257 e. The lowest BCUT2D eigenvalue weighted by molar-refractivity contribution is -0.123. The molecule has 0 bridgehead atoms. The Morgan fingerprint density at radius 2 is 1.93 bits per heavy atom. The predicted molar refractivity (Wildman–Crippen MR) is 116 cm³/mol. The third-order valence-corrected chi connectivity index (χ3v) is 5.26. The van der Waals surface area contributed by atoms with Crippen molar-refractivity contribution in [3.05, 3.63) is 70.6 Å². The topological polar surface area (TPSA) is 50.8 Å². The van der Waals surface area contributed by atoms with Crippen LogP contribution in [0.25, 0.3) is 0 Å². The first-order valence-electron chi connectivity index (χ1n) is 9.60. The van der Waals surface area contributed by atoms with E-state index in [0.717, 1.165) is 37.0 Å². The Morgan fingerprint density at radius 1 is 1.20 bits per heavy atom. The van der Waals surface area contributed by atoms with Gasteiger partial charge in [0.25, 0.3) is 5.91 Å².